The summed E-state index contributed by atoms with van der Waals surface area (Å²) >= 11 is 0. The Morgan fingerprint density at radius 3 is 2.69 bits per heavy atom. The summed E-state index contributed by atoms with van der Waals surface area (Å²) in [5.74, 6) is 0.747. The van der Waals surface area contributed by atoms with Crippen LogP contribution >= 0.6 is 0 Å². The molecule has 26 heavy (non-hydrogen) atoms. The van der Waals surface area contributed by atoms with Crippen molar-refractivity contribution in [2.75, 3.05) is 24.2 Å². The van der Waals surface area contributed by atoms with E-state index in [0.29, 0.717) is 12.4 Å². The summed E-state index contributed by atoms with van der Waals surface area (Å²) in [6.45, 7) is 4.87. The lowest BCUT2D eigenvalue weighted by Crippen LogP contribution is -2.32. The van der Waals surface area contributed by atoms with E-state index in [1.54, 1.807) is 6.07 Å². The first-order valence-corrected chi connectivity index (χ1v) is 8.86. The quantitative estimate of drug-likeness (QED) is 0.884. The number of rotatable bonds is 3. The highest BCUT2D eigenvalue weighted by Crippen LogP contribution is 2.51. The lowest BCUT2D eigenvalue weighted by atomic mass is 9.71. The van der Waals surface area contributed by atoms with Gasteiger partial charge in [-0.3, -0.25) is 0 Å². The highest BCUT2D eigenvalue weighted by atomic mass is 16.3. The van der Waals surface area contributed by atoms with Crippen molar-refractivity contribution < 1.29 is 5.11 Å². The van der Waals surface area contributed by atoms with E-state index in [4.69, 9.17) is 5.73 Å². The smallest absolute Gasteiger partial charge is 0.139 e. The predicted molar refractivity (Wildman–Crippen MR) is 101 cm³/mol. The van der Waals surface area contributed by atoms with Crippen LogP contribution < -0.4 is 10.6 Å². The second-order valence-corrected chi connectivity index (χ2v) is 8.25. The molecule has 134 valence electrons. The molecule has 1 saturated carbocycles. The molecule has 1 aromatic carbocycles. The number of hydrogen-bond acceptors (Lipinski definition) is 6. The lowest BCUT2D eigenvalue weighted by molar-refractivity contribution is 0.468. The molecule has 6 heteroatoms. The van der Waals surface area contributed by atoms with Crippen molar-refractivity contribution in [1.82, 2.24) is 9.97 Å². The molecule has 3 N–H and O–H groups in total. The van der Waals surface area contributed by atoms with Gasteiger partial charge in [-0.15, -0.1) is 0 Å². The molecule has 0 saturated heterocycles. The molecule has 0 atom stereocenters. The zero-order valence-electron chi connectivity index (χ0n) is 15.4. The number of nitriles is 1. The number of hydrogen-bond donors (Lipinski definition) is 2. The van der Waals surface area contributed by atoms with E-state index in [9.17, 15) is 10.4 Å². The molecule has 6 nitrogen and oxygen atoms in total. The summed E-state index contributed by atoms with van der Waals surface area (Å²) < 4.78 is 0. The van der Waals surface area contributed by atoms with Crippen molar-refractivity contribution in [3.8, 4) is 23.1 Å². The molecule has 2 aromatic rings. The fourth-order valence-electron chi connectivity index (χ4n) is 4.24. The second kappa shape index (κ2) is 5.34. The van der Waals surface area contributed by atoms with Crippen LogP contribution in [0.1, 0.15) is 37.8 Å². The fraction of sp³-hybridized carbons (Fsp3) is 0.450. The monoisotopic (exact) mass is 349 g/mol. The topological polar surface area (TPSA) is 99.1 Å². The number of phenols is 1. The Labute approximate surface area is 153 Å². The first-order valence-electron chi connectivity index (χ1n) is 8.86. The van der Waals surface area contributed by atoms with Gasteiger partial charge in [0.1, 0.15) is 17.9 Å². The molecule has 1 heterocycles. The Kier molecular flexibility index (Phi) is 3.42. The maximum absolute atomic E-state index is 10.6. The number of phenolic OH excluding ortho intramolecular Hbond substituents is 1. The van der Waals surface area contributed by atoms with Crippen LogP contribution in [-0.2, 0) is 11.8 Å². The maximum Gasteiger partial charge on any atom is 0.139 e. The average Bonchev–Trinajstić information content (AvgIpc) is 3.33. The number of aromatic hydroxyl groups is 1. The Bertz CT molecular complexity index is 940. The minimum atomic E-state index is -0.279. The fourth-order valence-corrected chi connectivity index (χ4v) is 4.24. The van der Waals surface area contributed by atoms with Crippen molar-refractivity contribution >= 4 is 11.5 Å². The summed E-state index contributed by atoms with van der Waals surface area (Å²) in [6.07, 6.45) is 4.05. The van der Waals surface area contributed by atoms with Gasteiger partial charge in [0.2, 0.25) is 0 Å². The van der Waals surface area contributed by atoms with Crippen LogP contribution in [0.2, 0.25) is 0 Å². The number of aromatic nitrogens is 2. The van der Waals surface area contributed by atoms with Gasteiger partial charge in [0.15, 0.2) is 0 Å². The average molecular weight is 349 g/mol. The first kappa shape index (κ1) is 16.6. The third kappa shape index (κ3) is 2.38. The van der Waals surface area contributed by atoms with E-state index in [0.717, 1.165) is 47.3 Å². The normalized spacial score (nSPS) is 18.4. The third-order valence-electron chi connectivity index (χ3n) is 5.70. The molecule has 0 radical (unpaired) electrons. The highest BCUT2D eigenvalue weighted by molar-refractivity contribution is 5.83. The molecule has 0 amide bonds. The summed E-state index contributed by atoms with van der Waals surface area (Å²) in [4.78, 5) is 10.7. The summed E-state index contributed by atoms with van der Waals surface area (Å²) in [6, 6.07) is 6.04. The van der Waals surface area contributed by atoms with Crippen molar-refractivity contribution in [3.05, 3.63) is 29.6 Å². The van der Waals surface area contributed by atoms with Crippen LogP contribution in [0.25, 0.3) is 11.3 Å². The molecule has 0 bridgehead atoms. The zero-order chi connectivity index (χ0) is 18.7. The molecule has 0 spiro atoms. The Morgan fingerprint density at radius 2 is 2.04 bits per heavy atom. The van der Waals surface area contributed by atoms with E-state index >= 15 is 0 Å². The Balaban J connectivity index is 1.88. The van der Waals surface area contributed by atoms with E-state index in [2.05, 4.69) is 29.9 Å². The Hall–Kier alpha value is -2.81. The molecular formula is C20H23N5O. The molecule has 1 aromatic heterocycles. The number of nitrogens with zero attached hydrogens (tertiary/aromatic N) is 4. The molecular weight excluding hydrogens is 326 g/mol. The van der Waals surface area contributed by atoms with Crippen LogP contribution in [-0.4, -0.2) is 28.7 Å². The summed E-state index contributed by atoms with van der Waals surface area (Å²) in [5, 5.41) is 20.1. The van der Waals surface area contributed by atoms with Crippen molar-refractivity contribution in [1.29, 1.82) is 5.26 Å². The molecule has 1 fully saturated rings. The van der Waals surface area contributed by atoms with E-state index < -0.39 is 0 Å². The molecule has 2 aliphatic rings. The zero-order valence-corrected chi connectivity index (χ0v) is 15.4. The van der Waals surface area contributed by atoms with Crippen molar-refractivity contribution in [2.24, 2.45) is 5.41 Å². The van der Waals surface area contributed by atoms with Gasteiger partial charge in [-0.2, -0.15) is 5.26 Å². The number of anilines is 2. The van der Waals surface area contributed by atoms with Crippen LogP contribution in [0.5, 0.6) is 5.75 Å². The van der Waals surface area contributed by atoms with E-state index in [1.165, 1.54) is 6.33 Å². The summed E-state index contributed by atoms with van der Waals surface area (Å²) in [7, 11) is 1.95. The predicted octanol–water partition coefficient (Wildman–Crippen LogP) is 3.01. The van der Waals surface area contributed by atoms with E-state index in [1.807, 2.05) is 18.0 Å². The van der Waals surface area contributed by atoms with Gasteiger partial charge in [0.25, 0.3) is 0 Å². The molecule has 0 aliphatic heterocycles. The number of fused-ring (bicyclic) bond motifs is 3. The number of benzene rings is 1. The van der Waals surface area contributed by atoms with Crippen LogP contribution in [0.15, 0.2) is 18.5 Å². The largest absolute Gasteiger partial charge is 0.506 e. The third-order valence-corrected chi connectivity index (χ3v) is 5.70. The van der Waals surface area contributed by atoms with Crippen LogP contribution in [0.3, 0.4) is 0 Å². The van der Waals surface area contributed by atoms with Gasteiger partial charge in [-0.1, -0.05) is 13.8 Å². The minimum Gasteiger partial charge on any atom is -0.506 e. The van der Waals surface area contributed by atoms with Gasteiger partial charge in [-0.25, -0.2) is 9.97 Å². The Morgan fingerprint density at radius 1 is 1.31 bits per heavy atom. The maximum atomic E-state index is 10.6. The van der Waals surface area contributed by atoms with E-state index in [-0.39, 0.29) is 16.6 Å². The van der Waals surface area contributed by atoms with Gasteiger partial charge < -0.3 is 15.7 Å². The number of nitrogens with two attached hydrogens (primary N) is 1. The minimum absolute atomic E-state index is 0.237. The van der Waals surface area contributed by atoms with Gasteiger partial charge in [-0.05, 0) is 42.4 Å². The van der Waals surface area contributed by atoms with Gasteiger partial charge in [0.05, 0.1) is 22.9 Å². The molecule has 2 aliphatic carbocycles. The first-order chi connectivity index (χ1) is 12.3. The standard InChI is InChI=1S/C20H23N5O/c1-19(2)8-13-12(16-15(19)18(22)24-11-23-16)4-5-14(26)17(13)25(3)10-20(9-21)6-7-20/h4-5,11,26H,6-8,10H2,1-3H3,(H2,22,23,24). The van der Waals surface area contributed by atoms with Gasteiger partial charge >= 0.3 is 0 Å². The SMILES string of the molecule is CN(CC1(C#N)CC1)c1c(O)ccc2c1CC(C)(C)c1c(N)ncnc1-2. The molecule has 4 rings (SSSR count). The lowest BCUT2D eigenvalue weighted by Gasteiger charge is -2.36. The van der Waals surface area contributed by atoms with Gasteiger partial charge in [0, 0.05) is 24.7 Å². The number of nitrogen functional groups attached to an aromatic ring is 1. The molecule has 0 unspecified atom stereocenters. The van der Waals surface area contributed by atoms with Crippen molar-refractivity contribution in [3.63, 3.8) is 0 Å². The van der Waals surface area contributed by atoms with Crippen LogP contribution in [0.4, 0.5) is 11.5 Å². The summed E-state index contributed by atoms with van der Waals surface area (Å²) in [5.41, 5.74) is 10.3. The van der Waals surface area contributed by atoms with Crippen LogP contribution in [0, 0.1) is 16.7 Å². The highest BCUT2D eigenvalue weighted by Gasteiger charge is 2.45. The second-order valence-electron chi connectivity index (χ2n) is 8.25. The van der Waals surface area contributed by atoms with Crippen molar-refractivity contribution in [2.45, 2.75) is 38.5 Å².